The zero-order valence-electron chi connectivity index (χ0n) is 19.8. The fourth-order valence-electron chi connectivity index (χ4n) is 3.92. The van der Waals surface area contributed by atoms with E-state index < -0.39 is 11.8 Å². The number of carbonyl (C=O) groups excluding carboxylic acids is 2. The van der Waals surface area contributed by atoms with Gasteiger partial charge in [-0.2, -0.15) is 0 Å². The highest BCUT2D eigenvalue weighted by Gasteiger charge is 2.24. The van der Waals surface area contributed by atoms with E-state index >= 15 is 0 Å². The van der Waals surface area contributed by atoms with Crippen molar-refractivity contribution in [2.75, 3.05) is 7.11 Å². The Bertz CT molecular complexity index is 1620. The van der Waals surface area contributed by atoms with Gasteiger partial charge < -0.3 is 13.9 Å². The first kappa shape index (κ1) is 23.8. The number of methoxy groups -OCH3 is 1. The van der Waals surface area contributed by atoms with Gasteiger partial charge in [-0.1, -0.05) is 48.5 Å². The zero-order chi connectivity index (χ0) is 25.8. The number of hydrogen-bond acceptors (Lipinski definition) is 5. The standard InChI is InChI=1S/C31H21FO5/c1-35-24-16-18-28-25(19-24)29(30(37-28)22-8-3-2-4-9-22)31(34)36-23-14-11-21(12-15-23)27(33)17-13-20-7-5-6-10-26(20)32/h2-19H,1H3/b17-13+. The van der Waals surface area contributed by atoms with Crippen molar-refractivity contribution in [3.63, 3.8) is 0 Å². The normalized spacial score (nSPS) is 11.1. The molecule has 0 aliphatic carbocycles. The summed E-state index contributed by atoms with van der Waals surface area (Å²) >= 11 is 0. The lowest BCUT2D eigenvalue weighted by molar-refractivity contribution is 0.0737. The second kappa shape index (κ2) is 10.3. The van der Waals surface area contributed by atoms with E-state index in [-0.39, 0.29) is 17.1 Å². The molecule has 0 bridgehead atoms. The van der Waals surface area contributed by atoms with Crippen LogP contribution in [0.3, 0.4) is 0 Å². The van der Waals surface area contributed by atoms with Crippen LogP contribution in [0.1, 0.15) is 26.3 Å². The summed E-state index contributed by atoms with van der Waals surface area (Å²) in [5, 5.41) is 0.563. The minimum Gasteiger partial charge on any atom is -0.497 e. The van der Waals surface area contributed by atoms with E-state index in [0.717, 1.165) is 5.56 Å². The smallest absolute Gasteiger partial charge is 0.348 e. The number of benzene rings is 4. The Kier molecular flexibility index (Phi) is 6.64. The zero-order valence-corrected chi connectivity index (χ0v) is 19.8. The maximum Gasteiger partial charge on any atom is 0.348 e. The topological polar surface area (TPSA) is 65.7 Å². The van der Waals surface area contributed by atoms with Gasteiger partial charge in [0.2, 0.25) is 0 Å². The van der Waals surface area contributed by atoms with Gasteiger partial charge in [0.05, 0.1) is 7.11 Å². The van der Waals surface area contributed by atoms with E-state index in [1.54, 1.807) is 55.6 Å². The summed E-state index contributed by atoms with van der Waals surface area (Å²) in [7, 11) is 1.55. The predicted octanol–water partition coefficient (Wildman–Crippen LogP) is 7.36. The molecule has 0 N–H and O–H groups in total. The van der Waals surface area contributed by atoms with Crippen molar-refractivity contribution in [3.8, 4) is 22.8 Å². The Morgan fingerprint density at radius 3 is 2.27 bits per heavy atom. The molecule has 182 valence electrons. The molecular formula is C31H21FO5. The number of ketones is 1. The Labute approximate surface area is 212 Å². The molecule has 0 fully saturated rings. The fourth-order valence-corrected chi connectivity index (χ4v) is 3.92. The third kappa shape index (κ3) is 5.04. The van der Waals surface area contributed by atoms with Crippen LogP contribution >= 0.6 is 0 Å². The number of ether oxygens (including phenoxy) is 2. The molecule has 0 saturated carbocycles. The van der Waals surface area contributed by atoms with Gasteiger partial charge in [-0.05, 0) is 60.7 Å². The van der Waals surface area contributed by atoms with Crippen LogP contribution in [0.25, 0.3) is 28.4 Å². The van der Waals surface area contributed by atoms with Crippen LogP contribution in [0.4, 0.5) is 4.39 Å². The van der Waals surface area contributed by atoms with Crippen LogP contribution in [0.2, 0.25) is 0 Å². The molecule has 0 unspecified atom stereocenters. The van der Waals surface area contributed by atoms with E-state index in [0.29, 0.717) is 33.6 Å². The molecule has 0 aliphatic rings. The first-order valence-corrected chi connectivity index (χ1v) is 11.5. The lowest BCUT2D eigenvalue weighted by atomic mass is 10.1. The molecule has 1 aromatic heterocycles. The number of fused-ring (bicyclic) bond motifs is 1. The molecule has 0 amide bonds. The van der Waals surface area contributed by atoms with Crippen LogP contribution in [-0.2, 0) is 0 Å². The molecule has 0 radical (unpaired) electrons. The highest BCUT2D eigenvalue weighted by atomic mass is 19.1. The number of hydrogen-bond donors (Lipinski definition) is 0. The number of carbonyl (C=O) groups is 2. The summed E-state index contributed by atoms with van der Waals surface area (Å²) < 4.78 is 30.8. The van der Waals surface area contributed by atoms with Crippen LogP contribution in [0.15, 0.2) is 108 Å². The van der Waals surface area contributed by atoms with Crippen molar-refractivity contribution < 1.29 is 27.9 Å². The van der Waals surface area contributed by atoms with Crippen LogP contribution in [0.5, 0.6) is 11.5 Å². The molecule has 5 nitrogen and oxygen atoms in total. The molecule has 5 aromatic rings. The number of halogens is 1. The van der Waals surface area contributed by atoms with Crippen molar-refractivity contribution in [1.82, 2.24) is 0 Å². The van der Waals surface area contributed by atoms with Crippen LogP contribution < -0.4 is 9.47 Å². The average Bonchev–Trinajstić information content (AvgIpc) is 3.32. The third-order valence-electron chi connectivity index (χ3n) is 5.80. The van der Waals surface area contributed by atoms with Gasteiger partial charge in [0.25, 0.3) is 0 Å². The third-order valence-corrected chi connectivity index (χ3v) is 5.80. The first-order valence-electron chi connectivity index (χ1n) is 11.5. The molecule has 37 heavy (non-hydrogen) atoms. The Morgan fingerprint density at radius 2 is 1.54 bits per heavy atom. The minimum absolute atomic E-state index is 0.260. The highest BCUT2D eigenvalue weighted by Crippen LogP contribution is 2.36. The van der Waals surface area contributed by atoms with E-state index in [1.165, 1.54) is 30.4 Å². The summed E-state index contributed by atoms with van der Waals surface area (Å²) in [5.74, 6) is -0.0963. The molecule has 1 heterocycles. The van der Waals surface area contributed by atoms with E-state index in [1.807, 2.05) is 30.3 Å². The Morgan fingerprint density at radius 1 is 0.838 bits per heavy atom. The molecular weight excluding hydrogens is 471 g/mol. The van der Waals surface area contributed by atoms with Gasteiger partial charge in [-0.3, -0.25) is 4.79 Å². The number of allylic oxidation sites excluding steroid dienone is 1. The number of esters is 1. The number of rotatable bonds is 7. The lowest BCUT2D eigenvalue weighted by Crippen LogP contribution is -2.09. The van der Waals surface area contributed by atoms with Crippen molar-refractivity contribution in [2.45, 2.75) is 0 Å². The summed E-state index contributed by atoms with van der Waals surface area (Å²) in [6.45, 7) is 0. The fraction of sp³-hybridized carbons (Fsp3) is 0.0323. The van der Waals surface area contributed by atoms with Crippen LogP contribution in [0, 0.1) is 5.82 Å². The summed E-state index contributed by atoms with van der Waals surface area (Å²) in [4.78, 5) is 25.9. The second-order valence-corrected chi connectivity index (χ2v) is 8.17. The van der Waals surface area contributed by atoms with Crippen molar-refractivity contribution in [2.24, 2.45) is 0 Å². The largest absolute Gasteiger partial charge is 0.497 e. The minimum atomic E-state index is -0.607. The van der Waals surface area contributed by atoms with Crippen LogP contribution in [-0.4, -0.2) is 18.9 Å². The second-order valence-electron chi connectivity index (χ2n) is 8.17. The summed E-state index contributed by atoms with van der Waals surface area (Å²) in [6, 6.07) is 26.9. The van der Waals surface area contributed by atoms with Gasteiger partial charge in [-0.15, -0.1) is 0 Å². The summed E-state index contributed by atoms with van der Waals surface area (Å²) in [6.07, 6.45) is 2.73. The maximum absolute atomic E-state index is 13.8. The predicted molar refractivity (Wildman–Crippen MR) is 139 cm³/mol. The maximum atomic E-state index is 13.8. The first-order chi connectivity index (χ1) is 18.0. The van der Waals surface area contributed by atoms with E-state index in [9.17, 15) is 14.0 Å². The molecule has 0 aliphatic heterocycles. The lowest BCUT2D eigenvalue weighted by Gasteiger charge is -2.06. The quantitative estimate of drug-likeness (QED) is 0.103. The SMILES string of the molecule is COc1ccc2oc(-c3ccccc3)c(C(=O)Oc3ccc(C(=O)/C=C/c4ccccc4F)cc3)c2c1. The Hall–Kier alpha value is -4.97. The van der Waals surface area contributed by atoms with Crippen molar-refractivity contribution in [3.05, 3.63) is 126 Å². The van der Waals surface area contributed by atoms with Gasteiger partial charge in [-0.25, -0.2) is 9.18 Å². The van der Waals surface area contributed by atoms with Crippen molar-refractivity contribution >= 4 is 28.8 Å². The molecule has 6 heteroatoms. The Balaban J connectivity index is 1.41. The molecule has 0 saturated heterocycles. The average molecular weight is 493 g/mol. The van der Waals surface area contributed by atoms with Crippen molar-refractivity contribution in [1.29, 1.82) is 0 Å². The molecule has 0 atom stereocenters. The van der Waals surface area contributed by atoms with E-state index in [2.05, 4.69) is 0 Å². The van der Waals surface area contributed by atoms with E-state index in [4.69, 9.17) is 13.9 Å². The monoisotopic (exact) mass is 492 g/mol. The van der Waals surface area contributed by atoms with Gasteiger partial charge in [0.15, 0.2) is 5.78 Å². The molecule has 5 rings (SSSR count). The van der Waals surface area contributed by atoms with Gasteiger partial charge in [0, 0.05) is 22.1 Å². The summed E-state index contributed by atoms with van der Waals surface area (Å²) in [5.41, 5.74) is 2.21. The number of furan rings is 1. The highest BCUT2D eigenvalue weighted by molar-refractivity contribution is 6.10. The molecule has 0 spiro atoms. The molecule has 4 aromatic carbocycles. The van der Waals surface area contributed by atoms with Gasteiger partial charge in [0.1, 0.15) is 34.2 Å². The van der Waals surface area contributed by atoms with Gasteiger partial charge >= 0.3 is 5.97 Å².